The van der Waals surface area contributed by atoms with E-state index in [2.05, 4.69) is 5.11 Å². The first-order valence-electron chi connectivity index (χ1n) is 3.19. The van der Waals surface area contributed by atoms with E-state index in [9.17, 15) is 17.6 Å². The maximum Gasteiger partial charge on any atom is 0.419 e. The summed E-state index contributed by atoms with van der Waals surface area (Å²) in [5.41, 5.74) is 4.82. The summed E-state index contributed by atoms with van der Waals surface area (Å²) >= 11 is 0. The van der Waals surface area contributed by atoms with Crippen LogP contribution in [-0.4, -0.2) is 0 Å². The summed E-state index contributed by atoms with van der Waals surface area (Å²) in [6.07, 6.45) is -4.75. The number of halogens is 4. The molecule has 1 rings (SSSR count). The first-order valence-corrected chi connectivity index (χ1v) is 3.19. The zero-order valence-electron chi connectivity index (χ0n) is 6.19. The smallest absolute Gasteiger partial charge is 0.206 e. The zero-order chi connectivity index (χ0) is 10.1. The summed E-state index contributed by atoms with van der Waals surface area (Å²) in [6, 6.07) is 2.12. The van der Waals surface area contributed by atoms with E-state index in [1.807, 2.05) is 0 Å². The van der Waals surface area contributed by atoms with Crippen molar-refractivity contribution < 1.29 is 17.6 Å². The molecule has 2 nitrogen and oxygen atoms in total. The number of alkyl halides is 3. The Morgan fingerprint density at radius 1 is 1.23 bits per heavy atom. The predicted octanol–water partition coefficient (Wildman–Crippen LogP) is 3.51. The van der Waals surface area contributed by atoms with Crippen LogP contribution in [0.2, 0.25) is 0 Å². The van der Waals surface area contributed by atoms with Crippen molar-refractivity contribution in [3.8, 4) is 0 Å². The summed E-state index contributed by atoms with van der Waals surface area (Å²) in [4.78, 5) is 0. The van der Waals surface area contributed by atoms with Gasteiger partial charge in [-0.25, -0.2) is 9.92 Å². The summed E-state index contributed by atoms with van der Waals surface area (Å²) in [7, 11) is 0. The Morgan fingerprint density at radius 3 is 2.31 bits per heavy atom. The highest BCUT2D eigenvalue weighted by molar-refractivity contribution is 5.40. The highest BCUT2D eigenvalue weighted by atomic mass is 19.4. The van der Waals surface area contributed by atoms with E-state index in [1.54, 1.807) is 0 Å². The monoisotopic (exact) mass is 192 g/mol. The van der Waals surface area contributed by atoms with Gasteiger partial charge in [0.15, 0.2) is 0 Å². The topological polar surface area (TPSA) is 36.2 Å². The van der Waals surface area contributed by atoms with Crippen molar-refractivity contribution >= 4 is 5.69 Å². The summed E-state index contributed by atoms with van der Waals surface area (Å²) in [5.74, 6) is -1.36. The molecule has 0 heterocycles. The number of benzene rings is 1. The molecule has 70 valence electrons. The van der Waals surface area contributed by atoms with Gasteiger partial charge in [0.2, 0.25) is 0 Å². The van der Waals surface area contributed by atoms with Crippen molar-refractivity contribution in [2.75, 3.05) is 0 Å². The van der Waals surface area contributed by atoms with Gasteiger partial charge in [-0.3, -0.25) is 0 Å². The fourth-order valence-electron chi connectivity index (χ4n) is 0.800. The third-order valence-corrected chi connectivity index (χ3v) is 1.38. The van der Waals surface area contributed by atoms with E-state index in [1.165, 1.54) is 0 Å². The van der Waals surface area contributed by atoms with Gasteiger partial charge in [0, 0.05) is 0 Å². The van der Waals surface area contributed by atoms with Crippen molar-refractivity contribution in [1.82, 2.24) is 0 Å². The number of rotatable bonds is 1. The van der Waals surface area contributed by atoms with Crippen LogP contribution in [0.4, 0.5) is 23.2 Å². The molecule has 0 spiro atoms. The van der Waals surface area contributed by atoms with Gasteiger partial charge in [-0.2, -0.15) is 18.3 Å². The summed E-state index contributed by atoms with van der Waals surface area (Å²) < 4.78 is 48.6. The molecule has 0 aromatic heterocycles. The Labute approximate surface area is 70.7 Å². The standard InChI is InChI=1S/C7H4F4N2/c8-6-2-1-4(13-12)3-5(6)7(9,10)11/h1-3,12H. The quantitative estimate of drug-likeness (QED) is 0.522. The lowest BCUT2D eigenvalue weighted by atomic mass is 10.2. The zero-order valence-corrected chi connectivity index (χ0v) is 6.19. The van der Waals surface area contributed by atoms with E-state index in [4.69, 9.17) is 5.53 Å². The summed E-state index contributed by atoms with van der Waals surface area (Å²) in [6.45, 7) is 0. The molecule has 0 atom stereocenters. The Balaban J connectivity index is 3.27. The number of nitrogens with zero attached hydrogens (tertiary/aromatic N) is 1. The van der Waals surface area contributed by atoms with Gasteiger partial charge < -0.3 is 0 Å². The molecule has 0 unspecified atom stereocenters. The molecule has 6 heteroatoms. The highest BCUT2D eigenvalue weighted by Gasteiger charge is 2.34. The van der Waals surface area contributed by atoms with Crippen LogP contribution in [0.15, 0.2) is 23.3 Å². The molecule has 1 N–H and O–H groups in total. The van der Waals surface area contributed by atoms with Crippen LogP contribution in [0, 0.1) is 11.3 Å². The van der Waals surface area contributed by atoms with Gasteiger partial charge in [0.1, 0.15) is 5.82 Å². The van der Waals surface area contributed by atoms with Crippen LogP contribution in [-0.2, 0) is 6.18 Å². The van der Waals surface area contributed by atoms with E-state index < -0.39 is 17.6 Å². The maximum absolute atomic E-state index is 12.6. The molecule has 0 amide bonds. The first kappa shape index (κ1) is 9.63. The molecule has 1 aromatic carbocycles. The molecule has 0 aliphatic carbocycles. The van der Waals surface area contributed by atoms with Crippen molar-refractivity contribution in [3.05, 3.63) is 29.6 Å². The minimum atomic E-state index is -4.75. The van der Waals surface area contributed by atoms with Crippen LogP contribution in [0.1, 0.15) is 5.56 Å². The molecule has 0 radical (unpaired) electrons. The second-order valence-corrected chi connectivity index (χ2v) is 2.27. The number of hydrogen-bond donors (Lipinski definition) is 1. The molecule has 0 aliphatic heterocycles. The van der Waals surface area contributed by atoms with Gasteiger partial charge in [0.05, 0.1) is 11.3 Å². The van der Waals surface area contributed by atoms with Gasteiger partial charge in [0.25, 0.3) is 0 Å². The lowest BCUT2D eigenvalue weighted by molar-refractivity contribution is -0.139. The average Bonchev–Trinajstić information content (AvgIpc) is 2.03. The van der Waals surface area contributed by atoms with Crippen molar-refractivity contribution in [2.45, 2.75) is 6.18 Å². The van der Waals surface area contributed by atoms with E-state index in [-0.39, 0.29) is 5.69 Å². The SMILES string of the molecule is N=Nc1ccc(F)c(C(F)(F)F)c1. The molecule has 0 saturated carbocycles. The predicted molar refractivity (Wildman–Crippen MR) is 36.2 cm³/mol. The maximum atomic E-state index is 12.6. The largest absolute Gasteiger partial charge is 0.419 e. The van der Waals surface area contributed by atoms with Crippen LogP contribution in [0.3, 0.4) is 0 Å². The van der Waals surface area contributed by atoms with Crippen molar-refractivity contribution in [3.63, 3.8) is 0 Å². The first-order chi connectivity index (χ1) is 5.95. The second-order valence-electron chi connectivity index (χ2n) is 2.27. The molecule has 0 bridgehead atoms. The number of hydrogen-bond acceptors (Lipinski definition) is 2. The van der Waals surface area contributed by atoms with Gasteiger partial charge in [-0.05, 0) is 18.2 Å². The molecule has 0 aliphatic rings. The van der Waals surface area contributed by atoms with Crippen LogP contribution in [0.25, 0.3) is 0 Å². The second kappa shape index (κ2) is 3.12. The molecule has 0 fully saturated rings. The van der Waals surface area contributed by atoms with Crippen LogP contribution >= 0.6 is 0 Å². The third-order valence-electron chi connectivity index (χ3n) is 1.38. The number of nitrogens with one attached hydrogen (secondary N) is 1. The van der Waals surface area contributed by atoms with Crippen molar-refractivity contribution in [2.24, 2.45) is 5.11 Å². The normalized spacial score (nSPS) is 11.4. The van der Waals surface area contributed by atoms with Gasteiger partial charge in [-0.1, -0.05) is 0 Å². The molecule has 1 aromatic rings. The fraction of sp³-hybridized carbons (Fsp3) is 0.143. The molecule has 0 saturated heterocycles. The van der Waals surface area contributed by atoms with Gasteiger partial charge in [-0.15, -0.1) is 0 Å². The lowest BCUT2D eigenvalue weighted by Gasteiger charge is -2.07. The van der Waals surface area contributed by atoms with E-state index in [0.717, 1.165) is 6.07 Å². The van der Waals surface area contributed by atoms with E-state index >= 15 is 0 Å². The Hall–Kier alpha value is -1.46. The molecule has 13 heavy (non-hydrogen) atoms. The average molecular weight is 192 g/mol. The van der Waals surface area contributed by atoms with E-state index in [0.29, 0.717) is 12.1 Å². The Kier molecular flexibility index (Phi) is 2.31. The Morgan fingerprint density at radius 2 is 1.85 bits per heavy atom. The Bertz CT molecular complexity index is 332. The molecular formula is C7H4F4N2. The highest BCUT2D eigenvalue weighted by Crippen LogP contribution is 2.33. The minimum Gasteiger partial charge on any atom is -0.206 e. The van der Waals surface area contributed by atoms with Crippen LogP contribution < -0.4 is 0 Å². The lowest BCUT2D eigenvalue weighted by Crippen LogP contribution is -2.07. The minimum absolute atomic E-state index is 0.228. The summed E-state index contributed by atoms with van der Waals surface area (Å²) in [5, 5.41) is 2.77. The van der Waals surface area contributed by atoms with Gasteiger partial charge >= 0.3 is 6.18 Å². The fourth-order valence-corrected chi connectivity index (χ4v) is 0.800. The molecular weight excluding hydrogens is 188 g/mol. The van der Waals surface area contributed by atoms with Crippen molar-refractivity contribution in [1.29, 1.82) is 5.53 Å². The third kappa shape index (κ3) is 2.01. The van der Waals surface area contributed by atoms with Crippen LogP contribution in [0.5, 0.6) is 0 Å².